The molecule has 0 bridgehead atoms. The molecule has 5 nitrogen and oxygen atoms in total. The summed E-state index contributed by atoms with van der Waals surface area (Å²) in [4.78, 5) is 12.8. The van der Waals surface area contributed by atoms with E-state index in [4.69, 9.17) is 4.74 Å². The second kappa shape index (κ2) is 4.74. The number of rotatable bonds is 2. The summed E-state index contributed by atoms with van der Waals surface area (Å²) in [6.07, 6.45) is 6.84. The Balaban J connectivity index is 2.19. The van der Waals surface area contributed by atoms with E-state index in [1.807, 2.05) is 26.1 Å². The Bertz CT molecular complexity index is 614. The monoisotopic (exact) mass is 285 g/mol. The highest BCUT2D eigenvalue weighted by molar-refractivity contribution is 5.92. The molecule has 0 unspecified atom stereocenters. The molecule has 21 heavy (non-hydrogen) atoms. The maximum absolute atomic E-state index is 12.8. The van der Waals surface area contributed by atoms with Gasteiger partial charge in [-0.2, -0.15) is 5.26 Å². The van der Waals surface area contributed by atoms with Gasteiger partial charge in [0, 0.05) is 18.0 Å². The Labute approximate surface area is 124 Å². The molecule has 0 aromatic rings. The number of piperidine rings is 1. The smallest absolute Gasteiger partial charge is 0.231 e. The third kappa shape index (κ3) is 1.76. The normalized spacial score (nSPS) is 25.0. The number of fused-ring (bicyclic) bond motifs is 2. The van der Waals surface area contributed by atoms with Gasteiger partial charge in [0.2, 0.25) is 5.91 Å². The van der Waals surface area contributed by atoms with Crippen LogP contribution in [0.2, 0.25) is 0 Å². The van der Waals surface area contributed by atoms with Crippen LogP contribution in [-0.4, -0.2) is 24.7 Å². The second-order valence-corrected chi connectivity index (χ2v) is 5.81. The highest BCUT2D eigenvalue weighted by atomic mass is 16.5. The molecule has 3 aliphatic rings. The van der Waals surface area contributed by atoms with Crippen molar-refractivity contribution in [3.05, 3.63) is 35.2 Å². The molecule has 5 heteroatoms. The fourth-order valence-corrected chi connectivity index (χ4v) is 3.44. The van der Waals surface area contributed by atoms with E-state index in [1.165, 1.54) is 0 Å². The van der Waals surface area contributed by atoms with Gasteiger partial charge >= 0.3 is 0 Å². The lowest BCUT2D eigenvalue weighted by Crippen LogP contribution is -2.70. The molecule has 3 rings (SSSR count). The van der Waals surface area contributed by atoms with Crippen LogP contribution in [0.5, 0.6) is 0 Å². The third-order valence-electron chi connectivity index (χ3n) is 4.91. The van der Waals surface area contributed by atoms with Gasteiger partial charge in [-0.15, -0.1) is 0 Å². The number of allylic oxidation sites excluding steroid dienone is 2. The van der Waals surface area contributed by atoms with Crippen LogP contribution in [0.3, 0.4) is 0 Å². The van der Waals surface area contributed by atoms with Crippen LogP contribution in [0.4, 0.5) is 0 Å². The maximum Gasteiger partial charge on any atom is 0.231 e. The number of carbonyl (C=O) groups is 1. The average Bonchev–Trinajstić information content (AvgIpc) is 2.68. The van der Waals surface area contributed by atoms with E-state index in [-0.39, 0.29) is 5.91 Å². The Morgan fingerprint density at radius 3 is 2.52 bits per heavy atom. The standard InChI is InChI=1S/C16H19N3O2/c1-3-15(4-2)12-5-11(6-17)7-18-8-13(12)16(9-21-10-16)19-14(15)20/h5,7-8,18H,3-4,9-10H2,1-2H3,(H,19,20). The van der Waals surface area contributed by atoms with Gasteiger partial charge in [0.05, 0.1) is 24.2 Å². The first-order chi connectivity index (χ1) is 10.1. The molecule has 110 valence electrons. The van der Waals surface area contributed by atoms with Crippen LogP contribution < -0.4 is 10.6 Å². The van der Waals surface area contributed by atoms with Gasteiger partial charge in [-0.25, -0.2) is 0 Å². The van der Waals surface area contributed by atoms with E-state index >= 15 is 0 Å². The van der Waals surface area contributed by atoms with Crippen molar-refractivity contribution >= 4 is 5.91 Å². The van der Waals surface area contributed by atoms with Crippen LogP contribution in [-0.2, 0) is 9.53 Å². The lowest BCUT2D eigenvalue weighted by Gasteiger charge is -2.53. The topological polar surface area (TPSA) is 74.2 Å². The molecule has 0 aliphatic carbocycles. The zero-order valence-electron chi connectivity index (χ0n) is 12.3. The van der Waals surface area contributed by atoms with Crippen LogP contribution in [0.25, 0.3) is 0 Å². The predicted molar refractivity (Wildman–Crippen MR) is 77.7 cm³/mol. The van der Waals surface area contributed by atoms with Crippen molar-refractivity contribution in [3.8, 4) is 6.07 Å². The summed E-state index contributed by atoms with van der Waals surface area (Å²) >= 11 is 0. The number of hydrogen-bond donors (Lipinski definition) is 2. The van der Waals surface area contributed by atoms with Crippen molar-refractivity contribution in [2.45, 2.75) is 32.2 Å². The van der Waals surface area contributed by atoms with Gasteiger partial charge in [-0.1, -0.05) is 13.8 Å². The summed E-state index contributed by atoms with van der Waals surface area (Å²) in [7, 11) is 0. The minimum absolute atomic E-state index is 0.0402. The lowest BCUT2D eigenvalue weighted by molar-refractivity contribution is -0.141. The van der Waals surface area contributed by atoms with Gasteiger partial charge in [0.1, 0.15) is 11.6 Å². The number of carbonyl (C=O) groups excluding carboxylic acids is 1. The van der Waals surface area contributed by atoms with E-state index in [1.54, 1.807) is 6.20 Å². The Morgan fingerprint density at radius 1 is 1.29 bits per heavy atom. The fraction of sp³-hybridized carbons (Fsp3) is 0.500. The maximum atomic E-state index is 12.8. The molecule has 2 saturated heterocycles. The summed E-state index contributed by atoms with van der Waals surface area (Å²) in [5, 5.41) is 15.5. The lowest BCUT2D eigenvalue weighted by atomic mass is 9.63. The highest BCUT2D eigenvalue weighted by Gasteiger charge is 2.56. The summed E-state index contributed by atoms with van der Waals surface area (Å²) in [6, 6.07) is 2.17. The van der Waals surface area contributed by atoms with E-state index in [9.17, 15) is 10.1 Å². The van der Waals surface area contributed by atoms with Gasteiger partial charge in [-0.05, 0) is 24.5 Å². The zero-order valence-corrected chi connectivity index (χ0v) is 12.3. The van der Waals surface area contributed by atoms with Crippen molar-refractivity contribution in [3.63, 3.8) is 0 Å². The van der Waals surface area contributed by atoms with Gasteiger partial charge < -0.3 is 15.4 Å². The van der Waals surface area contributed by atoms with Crippen molar-refractivity contribution in [1.82, 2.24) is 10.6 Å². The van der Waals surface area contributed by atoms with Gasteiger partial charge in [0.25, 0.3) is 0 Å². The molecule has 0 saturated carbocycles. The van der Waals surface area contributed by atoms with Crippen LogP contribution in [0, 0.1) is 16.7 Å². The van der Waals surface area contributed by atoms with E-state index < -0.39 is 11.0 Å². The Morgan fingerprint density at radius 2 is 2.00 bits per heavy atom. The second-order valence-electron chi connectivity index (χ2n) is 5.81. The molecule has 0 aromatic carbocycles. The highest BCUT2D eigenvalue weighted by Crippen LogP contribution is 2.49. The number of nitriles is 1. The number of ether oxygens (including phenoxy) is 1. The van der Waals surface area contributed by atoms with Crippen LogP contribution in [0.15, 0.2) is 35.2 Å². The first kappa shape index (κ1) is 13.9. The van der Waals surface area contributed by atoms with Crippen LogP contribution >= 0.6 is 0 Å². The fourth-order valence-electron chi connectivity index (χ4n) is 3.44. The summed E-state index contributed by atoms with van der Waals surface area (Å²) in [6.45, 7) is 5.00. The molecule has 2 fully saturated rings. The molecule has 0 radical (unpaired) electrons. The molecular weight excluding hydrogens is 266 g/mol. The third-order valence-corrected chi connectivity index (χ3v) is 4.91. The molecular formula is C16H19N3O2. The predicted octanol–water partition coefficient (Wildman–Crippen LogP) is 1.51. The number of amides is 1. The first-order valence-corrected chi connectivity index (χ1v) is 7.32. The average molecular weight is 285 g/mol. The number of hydrogen-bond acceptors (Lipinski definition) is 4. The Hall–Kier alpha value is -2.06. The molecule has 1 amide bonds. The largest absolute Gasteiger partial charge is 0.376 e. The van der Waals surface area contributed by atoms with Crippen molar-refractivity contribution in [2.24, 2.45) is 5.41 Å². The minimum Gasteiger partial charge on any atom is -0.376 e. The number of nitrogens with one attached hydrogen (secondary N) is 2. The Kier molecular flexibility index (Phi) is 3.14. The van der Waals surface area contributed by atoms with E-state index in [0.29, 0.717) is 31.6 Å². The van der Waals surface area contributed by atoms with Crippen LogP contribution in [0.1, 0.15) is 26.7 Å². The number of nitrogens with zero attached hydrogens (tertiary/aromatic N) is 1. The van der Waals surface area contributed by atoms with Crippen molar-refractivity contribution < 1.29 is 9.53 Å². The zero-order chi connectivity index (χ0) is 15.1. The molecule has 0 atom stereocenters. The molecule has 3 aliphatic heterocycles. The van der Waals surface area contributed by atoms with E-state index in [0.717, 1.165) is 11.1 Å². The first-order valence-electron chi connectivity index (χ1n) is 7.32. The molecule has 1 spiro atoms. The summed E-state index contributed by atoms with van der Waals surface area (Å²) in [5.74, 6) is 0.0402. The van der Waals surface area contributed by atoms with E-state index in [2.05, 4.69) is 16.7 Å². The van der Waals surface area contributed by atoms with Gasteiger partial charge in [0.15, 0.2) is 0 Å². The van der Waals surface area contributed by atoms with Gasteiger partial charge in [-0.3, -0.25) is 4.79 Å². The quantitative estimate of drug-likeness (QED) is 0.806. The molecule has 0 aromatic heterocycles. The molecule has 2 N–H and O–H groups in total. The molecule has 3 heterocycles. The minimum atomic E-state index is -0.575. The van der Waals surface area contributed by atoms with Crippen molar-refractivity contribution in [1.29, 1.82) is 5.26 Å². The SMILES string of the molecule is CCC1(CC)C(=O)NC2(COC2)C2=CNC=C(C#N)C=C21. The van der Waals surface area contributed by atoms with Crippen molar-refractivity contribution in [2.75, 3.05) is 13.2 Å². The summed E-state index contributed by atoms with van der Waals surface area (Å²) in [5.41, 5.74) is 1.51. The summed E-state index contributed by atoms with van der Waals surface area (Å²) < 4.78 is 5.35.